The quantitative estimate of drug-likeness (QED) is 0.796. The molecule has 108 valence electrons. The third kappa shape index (κ3) is 4.30. The summed E-state index contributed by atoms with van der Waals surface area (Å²) in [5.74, 6) is -2.46. The topological polar surface area (TPSA) is 77.7 Å². The van der Waals surface area contributed by atoms with E-state index in [0.717, 1.165) is 4.68 Å². The summed E-state index contributed by atoms with van der Waals surface area (Å²) < 4.78 is 61.1. The van der Waals surface area contributed by atoms with Gasteiger partial charge in [0, 0.05) is 13.0 Å². The molecule has 0 fully saturated rings. The summed E-state index contributed by atoms with van der Waals surface area (Å²) in [5, 5.41) is 9.66. The van der Waals surface area contributed by atoms with E-state index in [1.807, 2.05) is 13.8 Å². The van der Waals surface area contributed by atoms with E-state index in [-0.39, 0.29) is 12.5 Å². The van der Waals surface area contributed by atoms with E-state index in [1.165, 1.54) is 0 Å². The molecule has 0 radical (unpaired) electrons. The maximum Gasteiger partial charge on any atom is 0.301 e. The summed E-state index contributed by atoms with van der Waals surface area (Å²) in [6.07, 6.45) is -3.42. The van der Waals surface area contributed by atoms with Crippen LogP contribution < -0.4 is 0 Å². The lowest BCUT2D eigenvalue weighted by molar-refractivity contribution is 0.373. The van der Waals surface area contributed by atoms with Gasteiger partial charge in [0.2, 0.25) is 9.84 Å². The third-order valence-corrected chi connectivity index (χ3v) is 3.70. The first-order valence-corrected chi connectivity index (χ1v) is 7.08. The number of hydrogen-bond donors (Lipinski definition) is 0. The zero-order chi connectivity index (χ0) is 14.6. The minimum Gasteiger partial charge on any atom is -0.220 e. The van der Waals surface area contributed by atoms with E-state index < -0.39 is 39.1 Å². The summed E-state index contributed by atoms with van der Waals surface area (Å²) >= 11 is 0. The van der Waals surface area contributed by atoms with E-state index in [1.54, 1.807) is 0 Å². The van der Waals surface area contributed by atoms with Gasteiger partial charge in [-0.25, -0.2) is 17.5 Å². The van der Waals surface area contributed by atoms with Crippen molar-refractivity contribution < 1.29 is 21.6 Å². The molecule has 0 aliphatic carbocycles. The Balaban J connectivity index is 2.89. The normalized spacial score (nSPS) is 11.9. The SMILES string of the molecule is CC(C)Cn1nnnc1S(=O)(=O)CCC(F)=C(F)F. The molecule has 0 bridgehead atoms. The van der Waals surface area contributed by atoms with Crippen LogP contribution in [-0.2, 0) is 16.4 Å². The lowest BCUT2D eigenvalue weighted by Gasteiger charge is -2.07. The molecular weight excluding hydrogens is 285 g/mol. The second-order valence-corrected chi connectivity index (χ2v) is 6.27. The minimum absolute atomic E-state index is 0.0948. The highest BCUT2D eigenvalue weighted by Crippen LogP contribution is 2.17. The van der Waals surface area contributed by atoms with E-state index in [9.17, 15) is 21.6 Å². The number of halogens is 3. The Morgan fingerprint density at radius 2 is 1.95 bits per heavy atom. The molecule has 19 heavy (non-hydrogen) atoms. The maximum absolute atomic E-state index is 12.6. The van der Waals surface area contributed by atoms with E-state index in [0.29, 0.717) is 0 Å². The van der Waals surface area contributed by atoms with Crippen molar-refractivity contribution in [3.63, 3.8) is 0 Å². The molecule has 1 rings (SSSR count). The van der Waals surface area contributed by atoms with Gasteiger partial charge in [-0.1, -0.05) is 18.9 Å². The standard InChI is InChI=1S/C9H13F3N4O2S/c1-6(2)5-16-9(13-14-15-16)19(17,18)4-3-7(10)8(11)12/h6H,3-5H2,1-2H3. The van der Waals surface area contributed by atoms with Crippen LogP contribution in [0.4, 0.5) is 13.2 Å². The highest BCUT2D eigenvalue weighted by atomic mass is 32.2. The number of aromatic nitrogens is 4. The van der Waals surface area contributed by atoms with Gasteiger partial charge in [0.1, 0.15) is 0 Å². The molecule has 0 amide bonds. The predicted molar refractivity (Wildman–Crippen MR) is 59.7 cm³/mol. The Kier molecular flexibility index (Phi) is 5.04. The van der Waals surface area contributed by atoms with Crippen molar-refractivity contribution in [2.45, 2.75) is 32.0 Å². The predicted octanol–water partition coefficient (Wildman–Crippen LogP) is 1.57. The van der Waals surface area contributed by atoms with Crippen LogP contribution in [0.1, 0.15) is 20.3 Å². The molecule has 1 aromatic rings. The van der Waals surface area contributed by atoms with Crippen LogP contribution in [0.2, 0.25) is 0 Å². The molecule has 0 aromatic carbocycles. The van der Waals surface area contributed by atoms with Crippen molar-refractivity contribution in [2.24, 2.45) is 5.92 Å². The molecule has 0 aliphatic rings. The Morgan fingerprint density at radius 3 is 2.47 bits per heavy atom. The van der Waals surface area contributed by atoms with E-state index >= 15 is 0 Å². The van der Waals surface area contributed by atoms with Crippen LogP contribution >= 0.6 is 0 Å². The fourth-order valence-electron chi connectivity index (χ4n) is 1.29. The van der Waals surface area contributed by atoms with Gasteiger partial charge in [0.05, 0.1) is 5.75 Å². The van der Waals surface area contributed by atoms with Gasteiger partial charge in [-0.3, -0.25) is 0 Å². The Labute approximate surface area is 108 Å². The summed E-state index contributed by atoms with van der Waals surface area (Å²) in [7, 11) is -4.00. The molecule has 0 atom stereocenters. The van der Waals surface area contributed by atoms with Gasteiger partial charge in [-0.15, -0.1) is 0 Å². The summed E-state index contributed by atoms with van der Waals surface area (Å²) in [6, 6.07) is 0. The molecule has 1 heterocycles. The molecule has 0 aliphatic heterocycles. The van der Waals surface area contributed by atoms with Crippen molar-refractivity contribution >= 4 is 9.84 Å². The average Bonchev–Trinajstić information content (AvgIpc) is 2.73. The Morgan fingerprint density at radius 1 is 1.32 bits per heavy atom. The van der Waals surface area contributed by atoms with Crippen molar-refractivity contribution in [3.05, 3.63) is 11.9 Å². The largest absolute Gasteiger partial charge is 0.301 e. The van der Waals surface area contributed by atoms with Crippen molar-refractivity contribution in [3.8, 4) is 0 Å². The van der Waals surface area contributed by atoms with Gasteiger partial charge in [0.25, 0.3) is 5.16 Å². The lowest BCUT2D eigenvalue weighted by atomic mass is 10.2. The van der Waals surface area contributed by atoms with Gasteiger partial charge in [-0.05, 0) is 16.3 Å². The third-order valence-electron chi connectivity index (χ3n) is 2.11. The zero-order valence-corrected chi connectivity index (χ0v) is 11.2. The van der Waals surface area contributed by atoms with Gasteiger partial charge in [-0.2, -0.15) is 8.78 Å². The molecule has 1 aromatic heterocycles. The molecule has 0 unspecified atom stereocenters. The first-order chi connectivity index (χ1) is 8.74. The zero-order valence-electron chi connectivity index (χ0n) is 10.3. The lowest BCUT2D eigenvalue weighted by Crippen LogP contribution is -2.17. The highest BCUT2D eigenvalue weighted by molar-refractivity contribution is 7.91. The summed E-state index contributed by atoms with van der Waals surface area (Å²) in [5.41, 5.74) is 0. The average molecular weight is 298 g/mol. The first-order valence-electron chi connectivity index (χ1n) is 5.42. The van der Waals surface area contributed by atoms with Crippen LogP contribution in [0.5, 0.6) is 0 Å². The molecular formula is C9H13F3N4O2S. The molecule has 0 spiro atoms. The van der Waals surface area contributed by atoms with Crippen LogP contribution in [0.3, 0.4) is 0 Å². The van der Waals surface area contributed by atoms with Crippen LogP contribution in [-0.4, -0.2) is 34.4 Å². The fraction of sp³-hybridized carbons (Fsp3) is 0.667. The minimum atomic E-state index is -4.00. The summed E-state index contributed by atoms with van der Waals surface area (Å²) in [6.45, 7) is 3.93. The molecule has 0 N–H and O–H groups in total. The van der Waals surface area contributed by atoms with Crippen molar-refractivity contribution in [1.29, 1.82) is 0 Å². The molecule has 0 saturated carbocycles. The van der Waals surface area contributed by atoms with Crippen molar-refractivity contribution in [2.75, 3.05) is 5.75 Å². The highest BCUT2D eigenvalue weighted by Gasteiger charge is 2.24. The van der Waals surface area contributed by atoms with Crippen LogP contribution in [0, 0.1) is 5.92 Å². The van der Waals surface area contributed by atoms with Crippen LogP contribution in [0.25, 0.3) is 0 Å². The summed E-state index contributed by atoms with van der Waals surface area (Å²) in [4.78, 5) is 0. The molecule has 10 heteroatoms. The number of tetrazole rings is 1. The van der Waals surface area contributed by atoms with E-state index in [4.69, 9.17) is 0 Å². The number of nitrogens with zero attached hydrogens (tertiary/aromatic N) is 4. The van der Waals surface area contributed by atoms with Gasteiger partial charge < -0.3 is 0 Å². The number of rotatable bonds is 6. The second-order valence-electron chi connectivity index (χ2n) is 4.27. The van der Waals surface area contributed by atoms with Gasteiger partial charge in [0.15, 0.2) is 5.83 Å². The Hall–Kier alpha value is -1.45. The maximum atomic E-state index is 12.6. The Bertz CT molecular complexity index is 564. The smallest absolute Gasteiger partial charge is 0.220 e. The number of allylic oxidation sites excluding steroid dienone is 1. The van der Waals surface area contributed by atoms with E-state index in [2.05, 4.69) is 15.5 Å². The van der Waals surface area contributed by atoms with Crippen LogP contribution in [0.15, 0.2) is 17.1 Å². The van der Waals surface area contributed by atoms with Crippen molar-refractivity contribution in [1.82, 2.24) is 20.2 Å². The molecule has 0 saturated heterocycles. The van der Waals surface area contributed by atoms with Gasteiger partial charge >= 0.3 is 6.08 Å². The number of sulfone groups is 1. The first kappa shape index (κ1) is 15.6. The fourth-order valence-corrected chi connectivity index (χ4v) is 2.51. The monoisotopic (exact) mass is 298 g/mol. The number of hydrogen-bond acceptors (Lipinski definition) is 5. The molecule has 6 nitrogen and oxygen atoms in total. The second kappa shape index (κ2) is 6.13.